The van der Waals surface area contributed by atoms with Crippen molar-refractivity contribution in [2.45, 2.75) is 38.0 Å². The average molecular weight is 235 g/mol. The van der Waals surface area contributed by atoms with Crippen LogP contribution in [0.5, 0.6) is 0 Å². The third kappa shape index (κ3) is 2.77. The SMILES string of the molecule is O=C(O)N(Cc1ccccc1)[C@H]1CCC[C@@H]1O. The molecule has 0 bridgehead atoms. The first-order chi connectivity index (χ1) is 8.18. The van der Waals surface area contributed by atoms with Gasteiger partial charge in [0.15, 0.2) is 0 Å². The third-order valence-electron chi connectivity index (χ3n) is 3.29. The molecule has 1 aromatic rings. The fourth-order valence-corrected chi connectivity index (χ4v) is 2.39. The zero-order valence-electron chi connectivity index (χ0n) is 9.62. The van der Waals surface area contributed by atoms with Crippen LogP contribution in [0.3, 0.4) is 0 Å². The summed E-state index contributed by atoms with van der Waals surface area (Å²) in [4.78, 5) is 12.6. The molecule has 2 rings (SSSR count). The lowest BCUT2D eigenvalue weighted by molar-refractivity contribution is 0.0615. The summed E-state index contributed by atoms with van der Waals surface area (Å²) < 4.78 is 0. The number of hydrogen-bond acceptors (Lipinski definition) is 2. The van der Waals surface area contributed by atoms with Crippen molar-refractivity contribution in [1.29, 1.82) is 0 Å². The summed E-state index contributed by atoms with van der Waals surface area (Å²) in [6.45, 7) is 0.345. The van der Waals surface area contributed by atoms with Crippen LogP contribution in [-0.4, -0.2) is 33.4 Å². The minimum absolute atomic E-state index is 0.257. The second kappa shape index (κ2) is 5.19. The highest BCUT2D eigenvalue weighted by Crippen LogP contribution is 2.25. The van der Waals surface area contributed by atoms with Crippen molar-refractivity contribution in [2.75, 3.05) is 0 Å². The van der Waals surface area contributed by atoms with Gasteiger partial charge in [-0.1, -0.05) is 30.3 Å². The van der Waals surface area contributed by atoms with Crippen LogP contribution in [0.1, 0.15) is 24.8 Å². The molecule has 1 aliphatic carbocycles. The molecule has 0 unspecified atom stereocenters. The molecule has 1 aromatic carbocycles. The van der Waals surface area contributed by atoms with Gasteiger partial charge in [-0.15, -0.1) is 0 Å². The van der Waals surface area contributed by atoms with E-state index in [1.807, 2.05) is 30.3 Å². The Kier molecular flexibility index (Phi) is 3.64. The number of amides is 1. The molecule has 1 saturated carbocycles. The molecule has 0 spiro atoms. The van der Waals surface area contributed by atoms with Crippen molar-refractivity contribution in [2.24, 2.45) is 0 Å². The predicted molar refractivity (Wildman–Crippen MR) is 63.7 cm³/mol. The Morgan fingerprint density at radius 3 is 2.53 bits per heavy atom. The summed E-state index contributed by atoms with van der Waals surface area (Å²) in [5.41, 5.74) is 0.953. The van der Waals surface area contributed by atoms with Gasteiger partial charge in [-0.25, -0.2) is 4.79 Å². The van der Waals surface area contributed by atoms with E-state index in [2.05, 4.69) is 0 Å². The van der Waals surface area contributed by atoms with Gasteiger partial charge in [-0.2, -0.15) is 0 Å². The molecule has 0 radical (unpaired) electrons. The zero-order chi connectivity index (χ0) is 12.3. The van der Waals surface area contributed by atoms with Crippen LogP contribution < -0.4 is 0 Å². The first-order valence-corrected chi connectivity index (χ1v) is 5.90. The maximum Gasteiger partial charge on any atom is 0.407 e. The van der Waals surface area contributed by atoms with Crippen molar-refractivity contribution >= 4 is 6.09 Å². The van der Waals surface area contributed by atoms with Crippen LogP contribution in [0.15, 0.2) is 30.3 Å². The van der Waals surface area contributed by atoms with Crippen LogP contribution in [0, 0.1) is 0 Å². The van der Waals surface area contributed by atoms with Gasteiger partial charge in [-0.3, -0.25) is 4.90 Å². The van der Waals surface area contributed by atoms with Crippen LogP contribution in [0.2, 0.25) is 0 Å². The Labute approximate surface area is 100 Å². The molecule has 4 nitrogen and oxygen atoms in total. The molecule has 2 N–H and O–H groups in total. The first-order valence-electron chi connectivity index (χ1n) is 5.90. The molecule has 2 atom stereocenters. The monoisotopic (exact) mass is 235 g/mol. The summed E-state index contributed by atoms with van der Waals surface area (Å²) in [7, 11) is 0. The van der Waals surface area contributed by atoms with Crippen molar-refractivity contribution in [3.05, 3.63) is 35.9 Å². The highest BCUT2D eigenvalue weighted by Gasteiger charge is 2.33. The summed E-state index contributed by atoms with van der Waals surface area (Å²) >= 11 is 0. The quantitative estimate of drug-likeness (QED) is 0.843. The normalized spacial score (nSPS) is 23.6. The maximum atomic E-state index is 11.3. The van der Waals surface area contributed by atoms with E-state index in [9.17, 15) is 15.0 Å². The van der Waals surface area contributed by atoms with E-state index in [1.54, 1.807) is 0 Å². The lowest BCUT2D eigenvalue weighted by Gasteiger charge is -2.28. The van der Waals surface area contributed by atoms with Crippen molar-refractivity contribution < 1.29 is 15.0 Å². The van der Waals surface area contributed by atoms with E-state index in [4.69, 9.17) is 0 Å². The molecule has 0 aromatic heterocycles. The number of carbonyl (C=O) groups is 1. The Morgan fingerprint density at radius 2 is 2.00 bits per heavy atom. The standard InChI is InChI=1S/C13H17NO3/c15-12-8-4-7-11(12)14(13(16)17)9-10-5-2-1-3-6-10/h1-3,5-6,11-12,15H,4,7-9H2,(H,16,17)/t11-,12-/m0/s1. The molecule has 0 heterocycles. The lowest BCUT2D eigenvalue weighted by Crippen LogP contribution is -2.43. The largest absolute Gasteiger partial charge is 0.465 e. The highest BCUT2D eigenvalue weighted by atomic mass is 16.4. The minimum Gasteiger partial charge on any atom is -0.465 e. The molecule has 0 saturated heterocycles. The average Bonchev–Trinajstić information content (AvgIpc) is 2.73. The number of rotatable bonds is 3. The molecule has 4 heteroatoms. The molecule has 17 heavy (non-hydrogen) atoms. The molecular formula is C13H17NO3. The van der Waals surface area contributed by atoms with Crippen LogP contribution in [0.4, 0.5) is 4.79 Å². The molecule has 1 amide bonds. The zero-order valence-corrected chi connectivity index (χ0v) is 9.62. The maximum absolute atomic E-state index is 11.3. The van der Waals surface area contributed by atoms with Gasteiger partial charge in [0.1, 0.15) is 0 Å². The summed E-state index contributed by atoms with van der Waals surface area (Å²) in [5.74, 6) is 0. The predicted octanol–water partition coefficient (Wildman–Crippen LogP) is 2.08. The van der Waals surface area contributed by atoms with E-state index in [1.165, 1.54) is 4.90 Å². The van der Waals surface area contributed by atoms with E-state index >= 15 is 0 Å². The van der Waals surface area contributed by atoms with Crippen LogP contribution >= 0.6 is 0 Å². The number of benzene rings is 1. The Morgan fingerprint density at radius 1 is 1.29 bits per heavy atom. The van der Waals surface area contributed by atoms with Gasteiger partial charge in [0, 0.05) is 6.54 Å². The van der Waals surface area contributed by atoms with E-state index in [0.717, 1.165) is 18.4 Å². The van der Waals surface area contributed by atoms with Crippen molar-refractivity contribution in [3.8, 4) is 0 Å². The second-order valence-corrected chi connectivity index (χ2v) is 4.46. The van der Waals surface area contributed by atoms with E-state index in [0.29, 0.717) is 13.0 Å². The van der Waals surface area contributed by atoms with Crippen molar-refractivity contribution in [1.82, 2.24) is 4.90 Å². The highest BCUT2D eigenvalue weighted by molar-refractivity contribution is 5.65. The van der Waals surface area contributed by atoms with Gasteiger partial charge in [0.25, 0.3) is 0 Å². The topological polar surface area (TPSA) is 60.8 Å². The smallest absolute Gasteiger partial charge is 0.407 e. The van der Waals surface area contributed by atoms with E-state index in [-0.39, 0.29) is 6.04 Å². The summed E-state index contributed by atoms with van der Waals surface area (Å²) in [5, 5.41) is 19.0. The van der Waals surface area contributed by atoms with Gasteiger partial charge in [0.2, 0.25) is 0 Å². The fourth-order valence-electron chi connectivity index (χ4n) is 2.39. The second-order valence-electron chi connectivity index (χ2n) is 4.46. The molecule has 0 aliphatic heterocycles. The molecule has 1 fully saturated rings. The fraction of sp³-hybridized carbons (Fsp3) is 0.462. The van der Waals surface area contributed by atoms with Gasteiger partial charge in [0.05, 0.1) is 12.1 Å². The number of carboxylic acid groups (broad SMARTS) is 1. The van der Waals surface area contributed by atoms with Crippen LogP contribution in [0.25, 0.3) is 0 Å². The Balaban J connectivity index is 2.10. The summed E-state index contributed by atoms with van der Waals surface area (Å²) in [6, 6.07) is 9.22. The number of aliphatic hydroxyl groups excluding tert-OH is 1. The summed E-state index contributed by atoms with van der Waals surface area (Å²) in [6.07, 6.45) is 0.864. The molecular weight excluding hydrogens is 218 g/mol. The minimum atomic E-state index is -0.959. The first kappa shape index (κ1) is 11.9. The number of hydrogen-bond donors (Lipinski definition) is 2. The Bertz CT molecular complexity index is 380. The molecule has 92 valence electrons. The lowest BCUT2D eigenvalue weighted by atomic mass is 10.1. The van der Waals surface area contributed by atoms with E-state index < -0.39 is 12.2 Å². The third-order valence-corrected chi connectivity index (χ3v) is 3.29. The number of nitrogens with zero attached hydrogens (tertiary/aromatic N) is 1. The van der Waals surface area contributed by atoms with Gasteiger partial charge >= 0.3 is 6.09 Å². The van der Waals surface area contributed by atoms with Gasteiger partial charge in [-0.05, 0) is 24.8 Å². The number of aliphatic hydroxyl groups is 1. The van der Waals surface area contributed by atoms with Crippen molar-refractivity contribution in [3.63, 3.8) is 0 Å². The Hall–Kier alpha value is -1.55. The molecule has 1 aliphatic rings. The van der Waals surface area contributed by atoms with Gasteiger partial charge < -0.3 is 10.2 Å². The van der Waals surface area contributed by atoms with Crippen LogP contribution in [-0.2, 0) is 6.54 Å².